The van der Waals surface area contributed by atoms with Crippen LogP contribution in [0, 0.1) is 5.82 Å². The number of nitrogens with zero attached hydrogens (tertiary/aromatic N) is 3. The highest BCUT2D eigenvalue weighted by molar-refractivity contribution is 5.43. The number of ether oxygens (including phenoxy) is 4. The van der Waals surface area contributed by atoms with Crippen molar-refractivity contribution in [3.8, 4) is 17.2 Å². The largest absolute Gasteiger partial charge is 0.493 e. The lowest BCUT2D eigenvalue weighted by Crippen LogP contribution is -2.39. The van der Waals surface area contributed by atoms with E-state index in [4.69, 9.17) is 18.9 Å². The monoisotopic (exact) mass is 511 g/mol. The van der Waals surface area contributed by atoms with E-state index in [1.54, 1.807) is 32.4 Å². The van der Waals surface area contributed by atoms with Crippen LogP contribution >= 0.6 is 0 Å². The third kappa shape index (κ3) is 7.02. The third-order valence-corrected chi connectivity index (χ3v) is 7.09. The molecule has 7 nitrogen and oxygen atoms in total. The van der Waals surface area contributed by atoms with Crippen LogP contribution in [-0.4, -0.2) is 60.6 Å². The maximum Gasteiger partial charge on any atom is 0.165 e. The Balaban J connectivity index is 1.34. The topological polar surface area (TPSA) is 58.0 Å². The lowest BCUT2D eigenvalue weighted by Gasteiger charge is -2.31. The minimum atomic E-state index is -0.435. The molecule has 0 bridgehead atoms. The van der Waals surface area contributed by atoms with E-state index in [0.717, 1.165) is 69.2 Å². The van der Waals surface area contributed by atoms with Crippen molar-refractivity contribution in [2.75, 3.05) is 40.5 Å². The van der Waals surface area contributed by atoms with Gasteiger partial charge in [-0.3, -0.25) is 4.90 Å². The van der Waals surface area contributed by atoms with Gasteiger partial charge in [0.15, 0.2) is 23.1 Å². The van der Waals surface area contributed by atoms with Crippen LogP contribution in [0.5, 0.6) is 17.2 Å². The molecule has 0 spiro atoms. The molecule has 4 rings (SSSR count). The Hall–Kier alpha value is -3.10. The van der Waals surface area contributed by atoms with Gasteiger partial charge in [0.25, 0.3) is 0 Å². The van der Waals surface area contributed by atoms with Crippen molar-refractivity contribution >= 4 is 0 Å². The maximum atomic E-state index is 14.0. The van der Waals surface area contributed by atoms with Crippen LogP contribution in [0.4, 0.5) is 4.39 Å². The molecular formula is C29H38FN3O4. The van der Waals surface area contributed by atoms with Gasteiger partial charge in [0.1, 0.15) is 24.6 Å². The molecule has 2 aromatic carbocycles. The third-order valence-electron chi connectivity index (χ3n) is 7.09. The number of imidazole rings is 1. The SMILES string of the molecule is CCc1nccn1CCOc1cc(CN2CCCC(COc3ccccc3F)(OC)CC2)ccc1OC. The van der Waals surface area contributed by atoms with E-state index in [0.29, 0.717) is 13.2 Å². The molecule has 3 aromatic rings. The Morgan fingerprint density at radius 3 is 2.65 bits per heavy atom. The van der Waals surface area contributed by atoms with Crippen molar-refractivity contribution in [1.82, 2.24) is 14.5 Å². The van der Waals surface area contributed by atoms with Gasteiger partial charge in [0.05, 0.1) is 13.7 Å². The van der Waals surface area contributed by atoms with E-state index in [1.165, 1.54) is 11.6 Å². The minimum absolute atomic E-state index is 0.268. The predicted octanol–water partition coefficient (Wildman–Crippen LogP) is 5.12. The molecular weight excluding hydrogens is 473 g/mol. The highest BCUT2D eigenvalue weighted by Gasteiger charge is 2.34. The molecule has 1 saturated heterocycles. The first kappa shape index (κ1) is 26.9. The Kier molecular flexibility index (Phi) is 9.41. The number of likely N-dealkylation sites (tertiary alicyclic amines) is 1. The zero-order valence-electron chi connectivity index (χ0n) is 22.1. The Morgan fingerprint density at radius 2 is 1.86 bits per heavy atom. The summed E-state index contributed by atoms with van der Waals surface area (Å²) < 4.78 is 39.6. The summed E-state index contributed by atoms with van der Waals surface area (Å²) in [6.45, 7) is 6.31. The second-order valence-electron chi connectivity index (χ2n) is 9.46. The molecule has 1 aromatic heterocycles. The number of benzene rings is 2. The molecule has 0 amide bonds. The molecule has 0 saturated carbocycles. The van der Waals surface area contributed by atoms with Gasteiger partial charge in [-0.05, 0) is 55.6 Å². The quantitative estimate of drug-likeness (QED) is 0.336. The van der Waals surface area contributed by atoms with Crippen LogP contribution in [-0.2, 0) is 24.2 Å². The zero-order chi connectivity index (χ0) is 26.1. The number of hydrogen-bond donors (Lipinski definition) is 0. The highest BCUT2D eigenvalue weighted by Crippen LogP contribution is 2.31. The first-order chi connectivity index (χ1) is 18.1. The van der Waals surface area contributed by atoms with Gasteiger partial charge >= 0.3 is 0 Å². The fraction of sp³-hybridized carbons (Fsp3) is 0.483. The molecule has 1 aliphatic heterocycles. The van der Waals surface area contributed by atoms with Gasteiger partial charge in [-0.25, -0.2) is 9.37 Å². The van der Waals surface area contributed by atoms with Crippen LogP contribution in [0.25, 0.3) is 0 Å². The first-order valence-corrected chi connectivity index (χ1v) is 13.0. The second kappa shape index (κ2) is 12.9. The van der Waals surface area contributed by atoms with Crippen LogP contribution in [0.3, 0.4) is 0 Å². The Bertz CT molecular complexity index is 1140. The van der Waals surface area contributed by atoms with E-state index in [-0.39, 0.29) is 11.6 Å². The fourth-order valence-corrected chi connectivity index (χ4v) is 4.86. The van der Waals surface area contributed by atoms with Crippen molar-refractivity contribution < 1.29 is 23.3 Å². The second-order valence-corrected chi connectivity index (χ2v) is 9.46. The summed E-state index contributed by atoms with van der Waals surface area (Å²) in [6.07, 6.45) is 7.34. The maximum absolute atomic E-state index is 14.0. The van der Waals surface area contributed by atoms with Crippen molar-refractivity contribution in [2.24, 2.45) is 0 Å². The fourth-order valence-electron chi connectivity index (χ4n) is 4.86. The lowest BCUT2D eigenvalue weighted by atomic mass is 9.95. The summed E-state index contributed by atoms with van der Waals surface area (Å²) in [5.41, 5.74) is 0.732. The first-order valence-electron chi connectivity index (χ1n) is 13.0. The van der Waals surface area contributed by atoms with Crippen molar-refractivity contribution in [3.05, 3.63) is 72.1 Å². The van der Waals surface area contributed by atoms with E-state index in [1.807, 2.05) is 18.5 Å². The van der Waals surface area contributed by atoms with Gasteiger partial charge in [-0.2, -0.15) is 0 Å². The smallest absolute Gasteiger partial charge is 0.165 e. The van der Waals surface area contributed by atoms with Crippen LogP contribution in [0.1, 0.15) is 37.6 Å². The summed E-state index contributed by atoms with van der Waals surface area (Å²) in [5.74, 6) is 2.45. The average Bonchev–Trinajstić information content (AvgIpc) is 3.28. The molecule has 37 heavy (non-hydrogen) atoms. The predicted molar refractivity (Wildman–Crippen MR) is 141 cm³/mol. The number of rotatable bonds is 12. The Labute approximate surface area is 219 Å². The van der Waals surface area contributed by atoms with Gasteiger partial charge in [-0.15, -0.1) is 0 Å². The molecule has 200 valence electrons. The average molecular weight is 512 g/mol. The number of aryl methyl sites for hydroxylation is 1. The lowest BCUT2D eigenvalue weighted by molar-refractivity contribution is -0.0548. The molecule has 0 radical (unpaired) electrons. The summed E-state index contributed by atoms with van der Waals surface area (Å²) >= 11 is 0. The van der Waals surface area contributed by atoms with E-state index in [9.17, 15) is 4.39 Å². The molecule has 2 heterocycles. The number of para-hydroxylation sites is 1. The summed E-state index contributed by atoms with van der Waals surface area (Å²) in [4.78, 5) is 6.80. The highest BCUT2D eigenvalue weighted by atomic mass is 19.1. The number of hydrogen-bond acceptors (Lipinski definition) is 6. The van der Waals surface area contributed by atoms with Crippen LogP contribution in [0.2, 0.25) is 0 Å². The van der Waals surface area contributed by atoms with Gasteiger partial charge < -0.3 is 23.5 Å². The summed E-state index contributed by atoms with van der Waals surface area (Å²) in [7, 11) is 3.39. The summed E-state index contributed by atoms with van der Waals surface area (Å²) in [5, 5.41) is 0. The van der Waals surface area contributed by atoms with Gasteiger partial charge in [0.2, 0.25) is 0 Å². The number of halogens is 1. The molecule has 1 atom stereocenters. The van der Waals surface area contributed by atoms with Crippen LogP contribution < -0.4 is 14.2 Å². The van der Waals surface area contributed by atoms with Crippen molar-refractivity contribution in [1.29, 1.82) is 0 Å². The minimum Gasteiger partial charge on any atom is -0.493 e. The van der Waals surface area contributed by atoms with E-state index < -0.39 is 5.60 Å². The van der Waals surface area contributed by atoms with Gasteiger partial charge in [-0.1, -0.05) is 25.1 Å². The molecule has 0 N–H and O–H groups in total. The molecule has 1 unspecified atom stereocenters. The molecule has 8 heteroatoms. The summed E-state index contributed by atoms with van der Waals surface area (Å²) in [6, 6.07) is 12.6. The number of methoxy groups -OCH3 is 2. The van der Waals surface area contributed by atoms with Crippen molar-refractivity contribution in [3.63, 3.8) is 0 Å². The van der Waals surface area contributed by atoms with E-state index in [2.05, 4.69) is 33.5 Å². The zero-order valence-corrected chi connectivity index (χ0v) is 22.1. The molecule has 1 aliphatic rings. The van der Waals surface area contributed by atoms with Crippen LogP contribution in [0.15, 0.2) is 54.9 Å². The number of aromatic nitrogens is 2. The van der Waals surface area contributed by atoms with Gasteiger partial charge in [0, 0.05) is 39.0 Å². The normalized spacial score (nSPS) is 18.4. The molecule has 1 fully saturated rings. The standard InChI is InChI=1S/C29H38FN3O4/c1-4-28-31-14-17-33(28)18-19-36-27-20-23(10-11-26(27)34-2)21-32-15-7-12-29(35-3,13-16-32)22-37-25-9-6-5-8-24(25)30/h5-6,8-11,14,17,20H,4,7,12-13,15-16,18-19,21-22H2,1-3H3. The molecule has 0 aliphatic carbocycles. The van der Waals surface area contributed by atoms with Crippen molar-refractivity contribution in [2.45, 2.75) is 51.3 Å². The van der Waals surface area contributed by atoms with E-state index >= 15 is 0 Å². The Morgan fingerprint density at radius 1 is 1.00 bits per heavy atom.